The van der Waals surface area contributed by atoms with Crippen molar-refractivity contribution in [1.82, 2.24) is 0 Å². The van der Waals surface area contributed by atoms with E-state index in [1.807, 2.05) is 0 Å². The minimum absolute atomic E-state index is 0. The molecule has 0 aromatic carbocycles. The van der Waals surface area contributed by atoms with E-state index in [2.05, 4.69) is 62.3 Å². The number of hydrogen-bond donors (Lipinski definition) is 0. The summed E-state index contributed by atoms with van der Waals surface area (Å²) in [4.78, 5) is 0. The summed E-state index contributed by atoms with van der Waals surface area (Å²) in [6.45, 7) is 20.9. The van der Waals surface area contributed by atoms with E-state index < -0.39 is 0 Å². The molecule has 0 aliphatic heterocycles. The second kappa shape index (κ2) is 5.43. The molecule has 0 nitrogen and oxygen atoms in total. The van der Waals surface area contributed by atoms with Crippen LogP contribution in [0.3, 0.4) is 0 Å². The first-order valence-corrected chi connectivity index (χ1v) is 5.25. The molecule has 0 radical (unpaired) electrons. The summed E-state index contributed by atoms with van der Waals surface area (Å²) in [6.07, 6.45) is 0. The van der Waals surface area contributed by atoms with Gasteiger partial charge in [0.1, 0.15) is 0 Å². The van der Waals surface area contributed by atoms with Crippen molar-refractivity contribution in [2.75, 3.05) is 0 Å². The van der Waals surface area contributed by atoms with Crippen molar-refractivity contribution in [3.05, 3.63) is 5.92 Å². The van der Waals surface area contributed by atoms with Gasteiger partial charge >= 0.3 is 58.2 Å². The summed E-state index contributed by atoms with van der Waals surface area (Å²) in [6, 6.07) is 0. The first-order valence-electron chi connectivity index (χ1n) is 5.25. The van der Waals surface area contributed by atoms with Crippen LogP contribution in [0.2, 0.25) is 0 Å². The van der Waals surface area contributed by atoms with E-state index in [0.29, 0.717) is 16.2 Å². The molecule has 0 spiro atoms. The van der Waals surface area contributed by atoms with E-state index in [4.69, 9.17) is 0 Å². The van der Waals surface area contributed by atoms with Crippen LogP contribution in [0.1, 0.15) is 62.3 Å². The molecule has 0 amide bonds. The first-order chi connectivity index (χ1) is 5.40. The van der Waals surface area contributed by atoms with Crippen molar-refractivity contribution in [3.63, 3.8) is 0 Å². The molecular weight excluding hydrogens is 242 g/mol. The van der Waals surface area contributed by atoms with E-state index in [1.165, 1.54) is 0 Å². The largest absolute Gasteiger partial charge is 1.00 e. The SMILES string of the molecule is C[C-](C(C)(C)C)C(C)(C)C(C)(C)C.[Rb+]. The minimum Gasteiger partial charge on any atom is -0.305 e. The second-order valence-corrected chi connectivity index (χ2v) is 6.75. The van der Waals surface area contributed by atoms with E-state index in [-0.39, 0.29) is 58.2 Å². The Balaban J connectivity index is 0. The fraction of sp³-hybridized carbons (Fsp3) is 0.923. The zero-order chi connectivity index (χ0) is 11.1. The maximum absolute atomic E-state index is 2.35. The zero-order valence-electron chi connectivity index (χ0n) is 12.0. The molecule has 80 valence electrons. The molecule has 14 heavy (non-hydrogen) atoms. The monoisotopic (exact) mass is 268 g/mol. The van der Waals surface area contributed by atoms with E-state index in [9.17, 15) is 0 Å². The van der Waals surface area contributed by atoms with Crippen LogP contribution in [-0.2, 0) is 0 Å². The third-order valence-corrected chi connectivity index (χ3v) is 3.94. The normalized spacial score (nSPS) is 14.1. The Morgan fingerprint density at radius 3 is 1.07 bits per heavy atom. The molecule has 0 aliphatic rings. The van der Waals surface area contributed by atoms with Gasteiger partial charge in [-0.2, -0.15) is 17.8 Å². The third kappa shape index (κ3) is 4.35. The molecular formula is C13H27Rb. The first kappa shape index (κ1) is 18.2. The smallest absolute Gasteiger partial charge is 0.305 e. The van der Waals surface area contributed by atoms with Crippen molar-refractivity contribution in [3.8, 4) is 0 Å². The average Bonchev–Trinajstić information content (AvgIpc) is 1.81. The molecule has 0 aliphatic carbocycles. The van der Waals surface area contributed by atoms with Gasteiger partial charge in [-0.25, -0.2) is 0 Å². The van der Waals surface area contributed by atoms with Crippen molar-refractivity contribution in [2.45, 2.75) is 62.3 Å². The maximum atomic E-state index is 2.35. The van der Waals surface area contributed by atoms with Crippen LogP contribution >= 0.6 is 0 Å². The standard InChI is InChI=1S/C13H27.Rb/c1-10(11(2,3)4)13(8,9)12(5,6)7;/h1-9H3;/q-1;+1. The molecule has 0 aromatic rings. The molecule has 0 heterocycles. The predicted octanol–water partition coefficient (Wildman–Crippen LogP) is 1.70. The Labute approximate surface area is 140 Å². The number of rotatable bonds is 1. The minimum atomic E-state index is 0. The van der Waals surface area contributed by atoms with Crippen LogP contribution in [0.25, 0.3) is 0 Å². The van der Waals surface area contributed by atoms with Crippen molar-refractivity contribution in [2.24, 2.45) is 16.2 Å². The third-order valence-electron chi connectivity index (χ3n) is 3.94. The molecule has 0 bridgehead atoms. The Morgan fingerprint density at radius 1 is 0.714 bits per heavy atom. The molecule has 0 atom stereocenters. The van der Waals surface area contributed by atoms with E-state index in [1.54, 1.807) is 5.92 Å². The van der Waals surface area contributed by atoms with E-state index in [0.717, 1.165) is 0 Å². The van der Waals surface area contributed by atoms with Gasteiger partial charge in [0.2, 0.25) is 0 Å². The average molecular weight is 269 g/mol. The van der Waals surface area contributed by atoms with Crippen LogP contribution in [0.15, 0.2) is 0 Å². The van der Waals surface area contributed by atoms with Crippen molar-refractivity contribution < 1.29 is 58.2 Å². The second-order valence-electron chi connectivity index (χ2n) is 6.75. The topological polar surface area (TPSA) is 0 Å². The van der Waals surface area contributed by atoms with Gasteiger partial charge in [-0.05, 0) is 0 Å². The van der Waals surface area contributed by atoms with Crippen LogP contribution in [-0.4, -0.2) is 0 Å². The summed E-state index contributed by atoms with van der Waals surface area (Å²) in [5, 5.41) is 0. The van der Waals surface area contributed by atoms with Crippen LogP contribution in [0.4, 0.5) is 0 Å². The summed E-state index contributed by atoms with van der Waals surface area (Å²) >= 11 is 0. The maximum Gasteiger partial charge on any atom is 1.00 e. The quantitative estimate of drug-likeness (QED) is 0.635. The number of hydrogen-bond acceptors (Lipinski definition) is 0. The van der Waals surface area contributed by atoms with Crippen molar-refractivity contribution >= 4 is 0 Å². The fourth-order valence-corrected chi connectivity index (χ4v) is 1.50. The summed E-state index contributed by atoms with van der Waals surface area (Å²) in [5.41, 5.74) is 0.951. The molecule has 0 unspecified atom stereocenters. The van der Waals surface area contributed by atoms with Gasteiger partial charge in [-0.15, -0.1) is 0 Å². The zero-order valence-corrected chi connectivity index (χ0v) is 16.9. The van der Waals surface area contributed by atoms with Crippen molar-refractivity contribution in [1.29, 1.82) is 0 Å². The Morgan fingerprint density at radius 2 is 1.00 bits per heavy atom. The van der Waals surface area contributed by atoms with Gasteiger partial charge in [0.05, 0.1) is 0 Å². The molecule has 0 saturated heterocycles. The van der Waals surface area contributed by atoms with Crippen LogP contribution < -0.4 is 58.2 Å². The van der Waals surface area contributed by atoms with Crippen LogP contribution in [0, 0.1) is 22.2 Å². The summed E-state index contributed by atoms with van der Waals surface area (Å²) in [7, 11) is 0. The molecule has 0 saturated carbocycles. The van der Waals surface area contributed by atoms with E-state index >= 15 is 0 Å². The molecule has 1 heteroatoms. The summed E-state index contributed by atoms with van der Waals surface area (Å²) < 4.78 is 0. The predicted molar refractivity (Wildman–Crippen MR) is 61.6 cm³/mol. The Hall–Kier alpha value is 1.81. The molecule has 0 fully saturated rings. The molecule has 0 rings (SSSR count). The van der Waals surface area contributed by atoms with Crippen LogP contribution in [0.5, 0.6) is 0 Å². The van der Waals surface area contributed by atoms with Gasteiger partial charge in [0.15, 0.2) is 0 Å². The Kier molecular flexibility index (Phi) is 7.04. The van der Waals surface area contributed by atoms with Gasteiger partial charge in [-0.1, -0.05) is 60.8 Å². The fourth-order valence-electron chi connectivity index (χ4n) is 1.50. The van der Waals surface area contributed by atoms with Gasteiger partial charge in [-0.3, -0.25) is 0 Å². The molecule has 0 aromatic heterocycles. The van der Waals surface area contributed by atoms with Gasteiger partial charge in [0, 0.05) is 0 Å². The summed E-state index contributed by atoms with van der Waals surface area (Å²) in [5.74, 6) is 1.59. The van der Waals surface area contributed by atoms with Gasteiger partial charge in [0.25, 0.3) is 0 Å². The molecule has 0 N–H and O–H groups in total. The van der Waals surface area contributed by atoms with Gasteiger partial charge < -0.3 is 5.92 Å². The Bertz CT molecular complexity index is 167.